The summed E-state index contributed by atoms with van der Waals surface area (Å²) in [6, 6.07) is 15.0. The molecule has 10 heteroatoms. The van der Waals surface area contributed by atoms with Crippen molar-refractivity contribution in [1.29, 1.82) is 0 Å². The summed E-state index contributed by atoms with van der Waals surface area (Å²) in [7, 11) is 1.91. The van der Waals surface area contributed by atoms with E-state index in [1.807, 2.05) is 69.7 Å². The van der Waals surface area contributed by atoms with Gasteiger partial charge in [0.05, 0.1) is 6.67 Å². The molecule has 172 valence electrons. The molecule has 2 aliphatic rings. The highest BCUT2D eigenvalue weighted by Gasteiger charge is 2.32. The minimum Gasteiger partial charge on any atom is -0.485 e. The van der Waals surface area contributed by atoms with Gasteiger partial charge in [0.15, 0.2) is 22.1 Å². The Balaban J connectivity index is 1.20. The number of carbonyl (C=O) groups is 1. The molecule has 1 atom stereocenters. The quantitative estimate of drug-likeness (QED) is 0.529. The normalized spacial score (nSPS) is 18.4. The van der Waals surface area contributed by atoms with E-state index in [-0.39, 0.29) is 12.5 Å². The van der Waals surface area contributed by atoms with Crippen LogP contribution in [0.4, 0.5) is 0 Å². The largest absolute Gasteiger partial charge is 0.485 e. The van der Waals surface area contributed by atoms with E-state index in [0.29, 0.717) is 41.1 Å². The second-order valence-corrected chi connectivity index (χ2v) is 8.92. The number of amides is 1. The Bertz CT molecular complexity index is 1220. The zero-order valence-electron chi connectivity index (χ0n) is 18.2. The van der Waals surface area contributed by atoms with E-state index in [0.717, 1.165) is 24.5 Å². The Kier molecular flexibility index (Phi) is 6.09. The molecular formula is C23H24ClN5O3S. The fourth-order valence-corrected chi connectivity index (χ4v) is 4.39. The number of aromatic nitrogens is 3. The molecule has 0 aliphatic carbocycles. The third-order valence-corrected chi connectivity index (χ3v) is 6.68. The van der Waals surface area contributed by atoms with Crippen molar-refractivity contribution in [3.8, 4) is 22.9 Å². The fraction of sp³-hybridized carbons (Fsp3) is 0.348. The predicted octanol–water partition coefficient (Wildman–Crippen LogP) is 3.21. The average Bonchev–Trinajstić information content (AvgIpc) is 3.13. The van der Waals surface area contributed by atoms with Crippen molar-refractivity contribution < 1.29 is 14.3 Å². The van der Waals surface area contributed by atoms with Gasteiger partial charge in [-0.15, -0.1) is 0 Å². The number of para-hydroxylation sites is 2. The van der Waals surface area contributed by atoms with E-state index in [2.05, 4.69) is 4.90 Å². The highest BCUT2D eigenvalue weighted by Crippen LogP contribution is 2.31. The lowest BCUT2D eigenvalue weighted by Gasteiger charge is -2.37. The van der Waals surface area contributed by atoms with Crippen molar-refractivity contribution in [2.45, 2.75) is 12.8 Å². The smallest absolute Gasteiger partial charge is 0.267 e. The number of rotatable bonds is 4. The zero-order valence-corrected chi connectivity index (χ0v) is 19.8. The van der Waals surface area contributed by atoms with Crippen LogP contribution < -0.4 is 9.47 Å². The standard InChI is InChI=1S/C23H24ClN5O3S/c1-26-21(16-6-8-17(24)9-7-16)25-29(23(26)33)15-27-10-12-28(13-11-27)22(30)20-14-31-18-4-2-3-5-19(18)32-20/h2-9,20H,10-15H2,1H3. The molecule has 33 heavy (non-hydrogen) atoms. The van der Waals surface area contributed by atoms with Gasteiger partial charge in [0.1, 0.15) is 6.61 Å². The van der Waals surface area contributed by atoms with Gasteiger partial charge in [0.25, 0.3) is 5.91 Å². The predicted molar refractivity (Wildman–Crippen MR) is 127 cm³/mol. The topological polar surface area (TPSA) is 64.8 Å². The molecule has 0 N–H and O–H groups in total. The number of fused-ring (bicyclic) bond motifs is 1. The van der Waals surface area contributed by atoms with Gasteiger partial charge in [-0.2, -0.15) is 5.10 Å². The van der Waals surface area contributed by atoms with Gasteiger partial charge >= 0.3 is 0 Å². The second kappa shape index (κ2) is 9.17. The SMILES string of the molecule is Cn1c(-c2ccc(Cl)cc2)nn(CN2CCN(C(=O)C3COc4ccccc4O3)CC2)c1=S. The maximum atomic E-state index is 13.0. The molecule has 0 bridgehead atoms. The molecule has 0 spiro atoms. The summed E-state index contributed by atoms with van der Waals surface area (Å²) in [5.41, 5.74) is 0.957. The molecule has 1 unspecified atom stereocenters. The van der Waals surface area contributed by atoms with Crippen molar-refractivity contribution >= 4 is 29.7 Å². The molecule has 0 radical (unpaired) electrons. The summed E-state index contributed by atoms with van der Waals surface area (Å²) in [6.45, 7) is 3.48. The summed E-state index contributed by atoms with van der Waals surface area (Å²) in [5, 5.41) is 5.41. The van der Waals surface area contributed by atoms with Crippen molar-refractivity contribution in [2.75, 3.05) is 32.8 Å². The molecule has 3 heterocycles. The van der Waals surface area contributed by atoms with Crippen LogP contribution in [-0.2, 0) is 18.5 Å². The Morgan fingerprint density at radius 3 is 2.52 bits per heavy atom. The molecule has 3 aromatic rings. The van der Waals surface area contributed by atoms with Crippen LogP contribution in [0.15, 0.2) is 48.5 Å². The first kappa shape index (κ1) is 21.9. The molecule has 2 aliphatic heterocycles. The van der Waals surface area contributed by atoms with Gasteiger partial charge in [-0.3, -0.25) is 9.69 Å². The lowest BCUT2D eigenvalue weighted by Crippen LogP contribution is -2.54. The number of nitrogens with zero attached hydrogens (tertiary/aromatic N) is 5. The summed E-state index contributed by atoms with van der Waals surface area (Å²) in [6.07, 6.45) is -0.613. The van der Waals surface area contributed by atoms with E-state index < -0.39 is 6.10 Å². The van der Waals surface area contributed by atoms with E-state index >= 15 is 0 Å². The number of benzene rings is 2. The Morgan fingerprint density at radius 1 is 1.09 bits per heavy atom. The van der Waals surface area contributed by atoms with Gasteiger partial charge in [0, 0.05) is 43.8 Å². The Labute approximate surface area is 201 Å². The molecule has 0 saturated carbocycles. The molecule has 1 amide bonds. The van der Waals surface area contributed by atoms with Gasteiger partial charge in [-0.05, 0) is 48.6 Å². The average molecular weight is 486 g/mol. The van der Waals surface area contributed by atoms with E-state index in [1.54, 1.807) is 0 Å². The Morgan fingerprint density at radius 2 is 1.79 bits per heavy atom. The fourth-order valence-electron chi connectivity index (χ4n) is 4.07. The minimum atomic E-state index is -0.613. The highest BCUT2D eigenvalue weighted by molar-refractivity contribution is 7.71. The molecule has 1 saturated heterocycles. The van der Waals surface area contributed by atoms with Crippen LogP contribution in [0.5, 0.6) is 11.5 Å². The van der Waals surface area contributed by atoms with Crippen molar-refractivity contribution in [3.05, 3.63) is 58.3 Å². The summed E-state index contributed by atoms with van der Waals surface area (Å²) in [4.78, 5) is 17.1. The number of hydrogen-bond acceptors (Lipinski definition) is 6. The number of piperazine rings is 1. The van der Waals surface area contributed by atoms with Crippen molar-refractivity contribution in [3.63, 3.8) is 0 Å². The van der Waals surface area contributed by atoms with Crippen LogP contribution in [0, 0.1) is 4.77 Å². The third-order valence-electron chi connectivity index (χ3n) is 5.95. The summed E-state index contributed by atoms with van der Waals surface area (Å²) >= 11 is 11.6. The van der Waals surface area contributed by atoms with Crippen LogP contribution in [0.2, 0.25) is 5.02 Å². The first-order valence-corrected chi connectivity index (χ1v) is 11.6. The van der Waals surface area contributed by atoms with Crippen LogP contribution in [0.3, 0.4) is 0 Å². The first-order chi connectivity index (χ1) is 16.0. The number of hydrogen-bond donors (Lipinski definition) is 0. The van der Waals surface area contributed by atoms with Gasteiger partial charge in [0.2, 0.25) is 6.10 Å². The number of carbonyl (C=O) groups excluding carboxylic acids is 1. The summed E-state index contributed by atoms with van der Waals surface area (Å²) < 4.78 is 16.0. The molecule has 8 nitrogen and oxygen atoms in total. The van der Waals surface area contributed by atoms with Crippen molar-refractivity contribution in [2.24, 2.45) is 7.05 Å². The van der Waals surface area contributed by atoms with Crippen LogP contribution in [-0.4, -0.2) is 68.9 Å². The maximum absolute atomic E-state index is 13.0. The molecule has 1 aromatic heterocycles. The van der Waals surface area contributed by atoms with E-state index in [4.69, 9.17) is 38.4 Å². The number of halogens is 1. The van der Waals surface area contributed by atoms with Gasteiger partial charge in [-0.1, -0.05) is 23.7 Å². The molecule has 1 fully saturated rings. The van der Waals surface area contributed by atoms with E-state index in [1.165, 1.54) is 0 Å². The Hall–Kier alpha value is -2.88. The summed E-state index contributed by atoms with van der Waals surface area (Å²) in [5.74, 6) is 2.04. The van der Waals surface area contributed by atoms with Crippen LogP contribution in [0.25, 0.3) is 11.4 Å². The molecule has 5 rings (SSSR count). The minimum absolute atomic E-state index is 0.0383. The van der Waals surface area contributed by atoms with E-state index in [9.17, 15) is 4.79 Å². The second-order valence-electron chi connectivity index (χ2n) is 8.12. The van der Waals surface area contributed by atoms with Gasteiger partial charge < -0.3 is 18.9 Å². The lowest BCUT2D eigenvalue weighted by molar-refractivity contribution is -0.143. The highest BCUT2D eigenvalue weighted by atomic mass is 35.5. The maximum Gasteiger partial charge on any atom is 0.267 e. The molecule has 2 aromatic carbocycles. The van der Waals surface area contributed by atoms with Crippen LogP contribution >= 0.6 is 23.8 Å². The first-order valence-electron chi connectivity index (χ1n) is 10.8. The lowest BCUT2D eigenvalue weighted by atomic mass is 10.2. The van der Waals surface area contributed by atoms with Crippen LogP contribution in [0.1, 0.15) is 0 Å². The monoisotopic (exact) mass is 485 g/mol. The molecular weight excluding hydrogens is 462 g/mol. The zero-order chi connectivity index (χ0) is 22.9. The van der Waals surface area contributed by atoms with Crippen molar-refractivity contribution in [1.82, 2.24) is 24.1 Å². The van der Waals surface area contributed by atoms with Gasteiger partial charge in [-0.25, -0.2) is 4.68 Å². The number of ether oxygens (including phenoxy) is 2. The third kappa shape index (κ3) is 4.48.